The van der Waals surface area contributed by atoms with Crippen LogP contribution < -0.4 is 20.1 Å². The normalized spacial score (nSPS) is 15.1. The summed E-state index contributed by atoms with van der Waals surface area (Å²) in [7, 11) is 1.63. The Labute approximate surface area is 369 Å². The van der Waals surface area contributed by atoms with Gasteiger partial charge in [0.25, 0.3) is 0 Å². The fraction of sp³-hybridized carbons (Fsp3) is 0.304. The van der Waals surface area contributed by atoms with Crippen molar-refractivity contribution in [2.75, 3.05) is 26.8 Å². The molecule has 6 aromatic rings. The van der Waals surface area contributed by atoms with E-state index in [0.29, 0.717) is 76.0 Å². The molecule has 4 heterocycles. The molecule has 2 aromatic heterocycles. The smallest absolute Gasteiger partial charge is 0.226 e. The average Bonchev–Trinajstić information content (AvgIpc) is 3.77. The van der Waals surface area contributed by atoms with Crippen LogP contribution in [0.5, 0.6) is 11.5 Å². The zero-order chi connectivity index (χ0) is 43.3. The number of nitrogens with one attached hydrogen (secondary N) is 2. The molecular weight excluding hydrogens is 827 g/mol. The van der Waals surface area contributed by atoms with Crippen LogP contribution in [0.1, 0.15) is 96.7 Å². The molecule has 14 nitrogen and oxygen atoms in total. The van der Waals surface area contributed by atoms with E-state index >= 15 is 0 Å². The number of hydrogen-bond acceptors (Lipinski definition) is 10. The fourth-order valence-electron chi connectivity index (χ4n) is 7.85. The monoisotopic (exact) mass is 872 g/mol. The lowest BCUT2D eigenvalue weighted by Gasteiger charge is -2.18. The molecule has 2 N–H and O–H groups in total. The fourth-order valence-corrected chi connectivity index (χ4v) is 8.10. The van der Waals surface area contributed by atoms with Crippen molar-refractivity contribution in [1.29, 1.82) is 0 Å². The number of fused-ring (bicyclic) bond motifs is 6. The van der Waals surface area contributed by atoms with E-state index in [1.54, 1.807) is 7.11 Å². The van der Waals surface area contributed by atoms with Crippen LogP contribution in [0.3, 0.4) is 0 Å². The van der Waals surface area contributed by atoms with Crippen molar-refractivity contribution in [3.8, 4) is 22.9 Å². The number of halogens is 2. The van der Waals surface area contributed by atoms with Crippen molar-refractivity contribution in [3.63, 3.8) is 0 Å². The Bertz CT molecular complexity index is 2670. The quantitative estimate of drug-likeness (QED) is 0.0987. The largest absolute Gasteiger partial charge is 0.497 e. The maximum Gasteiger partial charge on any atom is 0.226 e. The third-order valence-corrected chi connectivity index (χ3v) is 11.3. The van der Waals surface area contributed by atoms with Crippen molar-refractivity contribution in [3.05, 3.63) is 141 Å². The predicted octanol–water partition coefficient (Wildman–Crippen LogP) is 7.85. The first-order valence-electron chi connectivity index (χ1n) is 20.6. The van der Waals surface area contributed by atoms with Gasteiger partial charge in [0.1, 0.15) is 35.2 Å². The highest BCUT2D eigenvalue weighted by Gasteiger charge is 2.31. The molecule has 0 saturated carbocycles. The number of amides is 2. The number of hydrogen-bond donors (Lipinski definition) is 2. The lowest BCUT2D eigenvalue weighted by atomic mass is 9.97. The van der Waals surface area contributed by atoms with Crippen LogP contribution in [-0.2, 0) is 9.59 Å². The van der Waals surface area contributed by atoms with Crippen molar-refractivity contribution >= 4 is 46.4 Å². The minimum atomic E-state index is -0.566. The van der Waals surface area contributed by atoms with E-state index in [2.05, 4.69) is 31.0 Å². The second-order valence-corrected chi connectivity index (χ2v) is 15.9. The number of aliphatic imine (C=N–C) groups is 2. The molecule has 2 aliphatic rings. The number of aryl methyl sites for hydroxylation is 2. The highest BCUT2D eigenvalue weighted by molar-refractivity contribution is 6.31. The Morgan fingerprint density at radius 3 is 2.21 bits per heavy atom. The van der Waals surface area contributed by atoms with Gasteiger partial charge in [0, 0.05) is 39.8 Å². The van der Waals surface area contributed by atoms with Gasteiger partial charge < -0.3 is 20.1 Å². The van der Waals surface area contributed by atoms with Gasteiger partial charge in [-0.15, -0.1) is 20.4 Å². The molecule has 0 aliphatic carbocycles. The molecule has 16 heteroatoms. The van der Waals surface area contributed by atoms with Crippen molar-refractivity contribution in [2.24, 2.45) is 9.98 Å². The topological polar surface area (TPSA) is 163 Å². The number of unbranched alkanes of at least 4 members (excludes halogenated alkanes) is 2. The van der Waals surface area contributed by atoms with Gasteiger partial charge in [-0.3, -0.25) is 28.7 Å². The second kappa shape index (κ2) is 18.7. The summed E-state index contributed by atoms with van der Waals surface area (Å²) in [6.07, 6.45) is 2.51. The number of benzene rings is 4. The second-order valence-electron chi connectivity index (χ2n) is 15.1. The lowest BCUT2D eigenvalue weighted by molar-refractivity contribution is -0.121. The van der Waals surface area contributed by atoms with Crippen molar-refractivity contribution < 1.29 is 19.1 Å². The predicted molar refractivity (Wildman–Crippen MR) is 239 cm³/mol. The summed E-state index contributed by atoms with van der Waals surface area (Å²) in [5.41, 5.74) is 6.43. The number of rotatable bonds is 15. The maximum absolute atomic E-state index is 13.5. The molecule has 62 heavy (non-hydrogen) atoms. The van der Waals surface area contributed by atoms with Crippen LogP contribution >= 0.6 is 23.2 Å². The van der Waals surface area contributed by atoms with Crippen molar-refractivity contribution in [1.82, 2.24) is 40.2 Å². The van der Waals surface area contributed by atoms with Gasteiger partial charge in [-0.2, -0.15) is 0 Å². The average molecular weight is 874 g/mol. The Hall–Kier alpha value is -6.38. The Morgan fingerprint density at radius 1 is 0.742 bits per heavy atom. The van der Waals surface area contributed by atoms with Gasteiger partial charge in [0.2, 0.25) is 11.8 Å². The molecule has 2 amide bonds. The summed E-state index contributed by atoms with van der Waals surface area (Å²) in [5, 5.41) is 24.9. The minimum Gasteiger partial charge on any atom is -0.497 e. The van der Waals surface area contributed by atoms with Crippen LogP contribution in [0, 0.1) is 13.8 Å². The third-order valence-electron chi connectivity index (χ3n) is 10.8. The number of nitrogens with zero attached hydrogens (tertiary/aromatic N) is 8. The van der Waals surface area contributed by atoms with Gasteiger partial charge in [0.15, 0.2) is 11.6 Å². The molecule has 318 valence electrons. The first kappa shape index (κ1) is 42.3. The van der Waals surface area contributed by atoms with Crippen LogP contribution in [0.2, 0.25) is 10.0 Å². The maximum atomic E-state index is 13.5. The summed E-state index contributed by atoms with van der Waals surface area (Å²) >= 11 is 12.5. The van der Waals surface area contributed by atoms with E-state index in [1.807, 2.05) is 115 Å². The van der Waals surface area contributed by atoms with Gasteiger partial charge in [0.05, 0.1) is 49.4 Å². The van der Waals surface area contributed by atoms with E-state index in [4.69, 9.17) is 42.7 Å². The van der Waals surface area contributed by atoms with E-state index in [0.717, 1.165) is 52.9 Å². The van der Waals surface area contributed by atoms with E-state index in [-0.39, 0.29) is 24.7 Å². The van der Waals surface area contributed by atoms with Gasteiger partial charge in [-0.25, -0.2) is 0 Å². The Kier molecular flexibility index (Phi) is 12.8. The highest BCUT2D eigenvalue weighted by Crippen LogP contribution is 2.38. The Morgan fingerprint density at radius 2 is 1.45 bits per heavy atom. The van der Waals surface area contributed by atoms with Gasteiger partial charge >= 0.3 is 0 Å². The molecule has 0 saturated heterocycles. The molecule has 0 spiro atoms. The summed E-state index contributed by atoms with van der Waals surface area (Å²) in [6.45, 7) is 7.14. The number of aromatic nitrogens is 6. The standard InChI is InChI=1S/C46H46Cl2N10O4/c1-5-49-41(59)25-37-45-55-54-28(3)58(45)40-20-18-34(24-36(40)44(51-37)30-11-15-32(48)16-12-30)62-22-8-6-7-21-50-42(60)26-38-46-56-53-27(2)57(46)39-19-17-33(61-4)23-35(39)43(52-38)29-9-13-31(47)14-10-29/h9-20,23-24,37,43H,5-8,21-22,25-26H2,1-4H3,(H,49,59)(H,50,60)/t37-,43?/m1/s1. The van der Waals surface area contributed by atoms with E-state index in [9.17, 15) is 9.59 Å². The van der Waals surface area contributed by atoms with Crippen LogP contribution in [0.4, 0.5) is 0 Å². The summed E-state index contributed by atoms with van der Waals surface area (Å²) in [5.74, 6) is 3.58. The van der Waals surface area contributed by atoms with Crippen LogP contribution in [0.25, 0.3) is 11.4 Å². The van der Waals surface area contributed by atoms with E-state index < -0.39 is 12.1 Å². The first-order chi connectivity index (χ1) is 30.1. The van der Waals surface area contributed by atoms with Gasteiger partial charge in [-0.1, -0.05) is 47.5 Å². The molecule has 0 fully saturated rings. The Balaban J connectivity index is 0.920. The highest BCUT2D eigenvalue weighted by atomic mass is 35.5. The summed E-state index contributed by atoms with van der Waals surface area (Å²) in [4.78, 5) is 36.6. The van der Waals surface area contributed by atoms with Gasteiger partial charge in [-0.05, 0) is 106 Å². The minimum absolute atomic E-state index is 0.0267. The lowest BCUT2D eigenvalue weighted by Crippen LogP contribution is -2.28. The summed E-state index contributed by atoms with van der Waals surface area (Å²) in [6, 6.07) is 25.8. The molecular formula is C46H46Cl2N10O4. The molecule has 4 aromatic carbocycles. The van der Waals surface area contributed by atoms with Crippen LogP contribution in [-0.4, -0.2) is 79.6 Å². The number of ether oxygens (including phenoxy) is 2. The summed E-state index contributed by atoms with van der Waals surface area (Å²) < 4.78 is 15.8. The van der Waals surface area contributed by atoms with Crippen LogP contribution in [0.15, 0.2) is 94.9 Å². The molecule has 2 aliphatic heterocycles. The zero-order valence-corrected chi connectivity index (χ0v) is 36.4. The molecule has 0 bridgehead atoms. The molecule has 2 atom stereocenters. The van der Waals surface area contributed by atoms with Crippen molar-refractivity contribution in [2.45, 2.75) is 65.0 Å². The SMILES string of the molecule is CCNC(=O)C[C@H]1N=C(c2ccc(Cl)cc2)c2cc(OCCCCCNC(=O)CC3=NC(c4ccc(Cl)cc4)c4cc(OC)ccc4-n4c(C)nnc43)ccc2-n2c(C)nnc21. The van der Waals surface area contributed by atoms with E-state index in [1.165, 1.54) is 0 Å². The number of methoxy groups -OCH3 is 1. The molecule has 1 unspecified atom stereocenters. The molecule has 8 rings (SSSR count). The first-order valence-corrected chi connectivity index (χ1v) is 21.4. The zero-order valence-electron chi connectivity index (χ0n) is 34.9. The third kappa shape index (κ3) is 8.97. The molecule has 0 radical (unpaired) electrons. The number of carbonyl (C=O) groups is 2. The number of carbonyl (C=O) groups excluding carboxylic acids is 2.